The van der Waals surface area contributed by atoms with Crippen LogP contribution in [0.1, 0.15) is 31.4 Å². The lowest BCUT2D eigenvalue weighted by Crippen LogP contribution is -2.44. The van der Waals surface area contributed by atoms with Crippen LogP contribution in [-0.2, 0) is 11.3 Å². The van der Waals surface area contributed by atoms with E-state index in [-0.39, 0.29) is 5.91 Å². The molecule has 1 N–H and O–H groups in total. The van der Waals surface area contributed by atoms with Crippen molar-refractivity contribution in [3.8, 4) is 0 Å². The summed E-state index contributed by atoms with van der Waals surface area (Å²) in [6, 6.07) is 8.19. The molecule has 1 aliphatic heterocycles. The second kappa shape index (κ2) is 6.89. The Hall–Kier alpha value is -1.35. The van der Waals surface area contributed by atoms with Gasteiger partial charge in [0.15, 0.2) is 0 Å². The van der Waals surface area contributed by atoms with Gasteiger partial charge < -0.3 is 5.32 Å². The maximum atomic E-state index is 12.1. The molecule has 2 rings (SSSR count). The lowest BCUT2D eigenvalue weighted by atomic mass is 9.92. The molecule has 1 aromatic rings. The average Bonchev–Trinajstić information content (AvgIpc) is 2.36. The number of rotatable bonds is 4. The molecule has 1 aromatic carbocycles. The quantitative estimate of drug-likeness (QED) is 0.915. The summed E-state index contributed by atoms with van der Waals surface area (Å²) in [6.45, 7) is 9.87. The number of carbonyl (C=O) groups excluding carboxylic acids is 1. The smallest absolute Gasteiger partial charge is 0.234 e. The van der Waals surface area contributed by atoms with Crippen molar-refractivity contribution >= 4 is 5.91 Å². The maximum Gasteiger partial charge on any atom is 0.234 e. The highest BCUT2D eigenvalue weighted by molar-refractivity contribution is 5.78. The van der Waals surface area contributed by atoms with Gasteiger partial charge in [-0.3, -0.25) is 9.69 Å². The fourth-order valence-electron chi connectivity index (χ4n) is 3.18. The zero-order chi connectivity index (χ0) is 14.5. The SMILES string of the molecule is Cc1ccccc1CNC(=O)CN1C[C@@H](C)C[C@H](C)C1. The first-order valence-electron chi connectivity index (χ1n) is 7.58. The predicted molar refractivity (Wildman–Crippen MR) is 82.4 cm³/mol. The Morgan fingerprint density at radius 3 is 2.55 bits per heavy atom. The molecule has 0 saturated carbocycles. The molecule has 2 atom stereocenters. The molecule has 0 unspecified atom stereocenters. The lowest BCUT2D eigenvalue weighted by Gasteiger charge is -2.34. The van der Waals surface area contributed by atoms with Gasteiger partial charge >= 0.3 is 0 Å². The van der Waals surface area contributed by atoms with E-state index in [1.54, 1.807) is 0 Å². The first kappa shape index (κ1) is 15.0. The van der Waals surface area contributed by atoms with Crippen LogP contribution in [0.3, 0.4) is 0 Å². The van der Waals surface area contributed by atoms with E-state index in [1.165, 1.54) is 17.5 Å². The van der Waals surface area contributed by atoms with E-state index >= 15 is 0 Å². The molecule has 3 nitrogen and oxygen atoms in total. The summed E-state index contributed by atoms with van der Waals surface area (Å²) >= 11 is 0. The minimum Gasteiger partial charge on any atom is -0.351 e. The van der Waals surface area contributed by atoms with Crippen LogP contribution in [-0.4, -0.2) is 30.4 Å². The topological polar surface area (TPSA) is 32.3 Å². The fourth-order valence-corrected chi connectivity index (χ4v) is 3.18. The highest BCUT2D eigenvalue weighted by Gasteiger charge is 2.23. The number of hydrogen-bond acceptors (Lipinski definition) is 2. The van der Waals surface area contributed by atoms with Gasteiger partial charge in [0.2, 0.25) is 5.91 Å². The van der Waals surface area contributed by atoms with Crippen LogP contribution >= 0.6 is 0 Å². The second-order valence-electron chi connectivity index (χ2n) is 6.34. The van der Waals surface area contributed by atoms with E-state index in [0.29, 0.717) is 24.9 Å². The van der Waals surface area contributed by atoms with Crippen molar-refractivity contribution in [2.24, 2.45) is 11.8 Å². The van der Waals surface area contributed by atoms with Crippen molar-refractivity contribution < 1.29 is 4.79 Å². The van der Waals surface area contributed by atoms with E-state index in [0.717, 1.165) is 13.1 Å². The van der Waals surface area contributed by atoms with E-state index in [9.17, 15) is 4.79 Å². The minimum absolute atomic E-state index is 0.134. The van der Waals surface area contributed by atoms with Crippen LogP contribution < -0.4 is 5.32 Å². The number of hydrogen-bond donors (Lipinski definition) is 1. The monoisotopic (exact) mass is 274 g/mol. The van der Waals surface area contributed by atoms with Crippen molar-refractivity contribution in [1.82, 2.24) is 10.2 Å². The number of piperidine rings is 1. The molecule has 0 bridgehead atoms. The summed E-state index contributed by atoms with van der Waals surface area (Å²) in [5.74, 6) is 1.53. The standard InChI is InChI=1S/C17H26N2O/c1-13-8-14(2)11-19(10-13)12-17(20)18-9-16-7-5-4-6-15(16)3/h4-7,13-14H,8-12H2,1-3H3,(H,18,20)/t13-,14-/m0/s1. The third kappa shape index (κ3) is 4.34. The van der Waals surface area contributed by atoms with Gasteiger partial charge in [0.05, 0.1) is 6.54 Å². The van der Waals surface area contributed by atoms with Crippen molar-refractivity contribution in [2.45, 2.75) is 33.7 Å². The average molecular weight is 274 g/mol. The minimum atomic E-state index is 0.134. The molecule has 110 valence electrons. The Kier molecular flexibility index (Phi) is 5.18. The Bertz CT molecular complexity index is 448. The zero-order valence-electron chi connectivity index (χ0n) is 12.9. The molecule has 3 heteroatoms. The normalized spacial score (nSPS) is 23.6. The van der Waals surface area contributed by atoms with E-state index < -0.39 is 0 Å². The van der Waals surface area contributed by atoms with Gasteiger partial charge in [0, 0.05) is 19.6 Å². The predicted octanol–water partition coefficient (Wildman–Crippen LogP) is 2.59. The second-order valence-corrected chi connectivity index (χ2v) is 6.34. The van der Waals surface area contributed by atoms with Gasteiger partial charge in [-0.15, -0.1) is 0 Å². The molecule has 0 aromatic heterocycles. The number of carbonyl (C=O) groups is 1. The van der Waals surface area contributed by atoms with Crippen LogP contribution in [0, 0.1) is 18.8 Å². The van der Waals surface area contributed by atoms with Crippen LogP contribution in [0.5, 0.6) is 0 Å². The van der Waals surface area contributed by atoms with Gasteiger partial charge in [-0.25, -0.2) is 0 Å². The number of likely N-dealkylation sites (tertiary alicyclic amines) is 1. The maximum absolute atomic E-state index is 12.1. The molecular formula is C17H26N2O. The van der Waals surface area contributed by atoms with Crippen LogP contribution in [0.15, 0.2) is 24.3 Å². The zero-order valence-corrected chi connectivity index (χ0v) is 12.9. The summed E-state index contributed by atoms with van der Waals surface area (Å²) < 4.78 is 0. The largest absolute Gasteiger partial charge is 0.351 e. The van der Waals surface area contributed by atoms with Gasteiger partial charge in [-0.1, -0.05) is 38.1 Å². The Morgan fingerprint density at radius 1 is 1.25 bits per heavy atom. The van der Waals surface area contributed by atoms with Crippen molar-refractivity contribution in [1.29, 1.82) is 0 Å². The van der Waals surface area contributed by atoms with E-state index in [2.05, 4.69) is 43.1 Å². The highest BCUT2D eigenvalue weighted by atomic mass is 16.2. The molecule has 1 aliphatic rings. The Balaban J connectivity index is 1.79. The molecule has 1 saturated heterocycles. The Morgan fingerprint density at radius 2 is 1.90 bits per heavy atom. The van der Waals surface area contributed by atoms with Gasteiger partial charge in [-0.05, 0) is 36.3 Å². The summed E-state index contributed by atoms with van der Waals surface area (Å²) in [4.78, 5) is 14.3. The number of nitrogens with one attached hydrogen (secondary N) is 1. The number of benzene rings is 1. The summed E-state index contributed by atoms with van der Waals surface area (Å²) in [5, 5.41) is 3.04. The molecule has 20 heavy (non-hydrogen) atoms. The Labute approximate surface area is 122 Å². The van der Waals surface area contributed by atoms with Gasteiger partial charge in [-0.2, -0.15) is 0 Å². The highest BCUT2D eigenvalue weighted by Crippen LogP contribution is 2.20. The van der Waals surface area contributed by atoms with E-state index in [4.69, 9.17) is 0 Å². The molecule has 0 spiro atoms. The van der Waals surface area contributed by atoms with Crippen LogP contribution in [0.4, 0.5) is 0 Å². The molecule has 1 amide bonds. The number of amides is 1. The van der Waals surface area contributed by atoms with Gasteiger partial charge in [0.25, 0.3) is 0 Å². The third-order valence-electron chi connectivity index (χ3n) is 4.05. The molecule has 1 fully saturated rings. The third-order valence-corrected chi connectivity index (χ3v) is 4.05. The van der Waals surface area contributed by atoms with Gasteiger partial charge in [0.1, 0.15) is 0 Å². The summed E-state index contributed by atoms with van der Waals surface area (Å²) in [5.41, 5.74) is 2.43. The summed E-state index contributed by atoms with van der Waals surface area (Å²) in [7, 11) is 0. The van der Waals surface area contributed by atoms with E-state index in [1.807, 2.05) is 12.1 Å². The van der Waals surface area contributed by atoms with Crippen LogP contribution in [0.25, 0.3) is 0 Å². The molecule has 0 radical (unpaired) electrons. The van der Waals surface area contributed by atoms with Crippen LogP contribution in [0.2, 0.25) is 0 Å². The van der Waals surface area contributed by atoms with Crippen molar-refractivity contribution in [2.75, 3.05) is 19.6 Å². The molecule has 0 aliphatic carbocycles. The molecular weight excluding hydrogens is 248 g/mol. The lowest BCUT2D eigenvalue weighted by molar-refractivity contribution is -0.123. The molecule has 1 heterocycles. The number of aryl methyl sites for hydroxylation is 1. The fraction of sp³-hybridized carbons (Fsp3) is 0.588. The number of nitrogens with zero attached hydrogens (tertiary/aromatic N) is 1. The van der Waals surface area contributed by atoms with Crippen molar-refractivity contribution in [3.63, 3.8) is 0 Å². The first-order valence-corrected chi connectivity index (χ1v) is 7.58. The first-order chi connectivity index (χ1) is 9.54. The van der Waals surface area contributed by atoms with Crippen molar-refractivity contribution in [3.05, 3.63) is 35.4 Å². The summed E-state index contributed by atoms with van der Waals surface area (Å²) in [6.07, 6.45) is 1.28.